The van der Waals surface area contributed by atoms with Crippen LogP contribution in [0.4, 0.5) is 0 Å². The molecule has 0 aliphatic heterocycles. The highest BCUT2D eigenvalue weighted by atomic mass is 16.4. The number of aliphatic carboxylic acids is 1. The zero-order valence-electron chi connectivity index (χ0n) is 6.20. The number of carbonyl (C=O) groups excluding carboxylic acids is 1. The highest BCUT2D eigenvalue weighted by molar-refractivity contribution is 5.69. The van der Waals surface area contributed by atoms with E-state index in [1.54, 1.807) is 13.8 Å². The Morgan fingerprint density at radius 3 is 2.10 bits per heavy atom. The van der Waals surface area contributed by atoms with Crippen LogP contribution in [0, 0.1) is 5.92 Å². The van der Waals surface area contributed by atoms with Gasteiger partial charge in [0.25, 0.3) is 0 Å². The van der Waals surface area contributed by atoms with Crippen molar-refractivity contribution in [3.8, 4) is 0 Å². The fourth-order valence-electron chi connectivity index (χ4n) is 0.604. The first kappa shape index (κ1) is 9.39. The van der Waals surface area contributed by atoms with Crippen molar-refractivity contribution in [3.05, 3.63) is 0 Å². The highest BCUT2D eigenvalue weighted by Gasteiger charge is 2.22. The van der Waals surface area contributed by atoms with Gasteiger partial charge in [0.1, 0.15) is 12.1 Å². The molecule has 0 spiro atoms. The van der Waals surface area contributed by atoms with Gasteiger partial charge in [-0.1, -0.05) is 13.8 Å². The van der Waals surface area contributed by atoms with Crippen LogP contribution in [0.2, 0.25) is 0 Å². The predicted molar refractivity (Wildman–Crippen MR) is 32.5 cm³/mol. The minimum atomic E-state index is -1.30. The minimum absolute atomic E-state index is 0.0969. The van der Waals surface area contributed by atoms with E-state index in [-0.39, 0.29) is 5.92 Å². The van der Waals surface area contributed by atoms with E-state index in [4.69, 9.17) is 5.11 Å². The van der Waals surface area contributed by atoms with Crippen molar-refractivity contribution in [2.45, 2.75) is 26.0 Å². The summed E-state index contributed by atoms with van der Waals surface area (Å²) in [4.78, 5) is 10.1. The molecule has 0 saturated carbocycles. The Balaban J connectivity index is 3.94. The van der Waals surface area contributed by atoms with Crippen LogP contribution in [0.25, 0.3) is 0 Å². The molecule has 4 heteroatoms. The van der Waals surface area contributed by atoms with Crippen LogP contribution in [0.15, 0.2) is 0 Å². The van der Waals surface area contributed by atoms with E-state index in [0.29, 0.717) is 0 Å². The number of aliphatic hydroxyl groups is 1. The summed E-state index contributed by atoms with van der Waals surface area (Å²) in [6, 6.07) is -1.03. The van der Waals surface area contributed by atoms with Crippen LogP contribution in [-0.2, 0) is 4.79 Å². The molecule has 0 rings (SSSR count). The summed E-state index contributed by atoms with van der Waals surface area (Å²) in [6.07, 6.45) is -0.912. The summed E-state index contributed by atoms with van der Waals surface area (Å²) < 4.78 is 0. The van der Waals surface area contributed by atoms with E-state index in [9.17, 15) is 9.90 Å². The van der Waals surface area contributed by atoms with Crippen LogP contribution in [0.1, 0.15) is 13.8 Å². The van der Waals surface area contributed by atoms with Crippen LogP contribution in [0.3, 0.4) is 0 Å². The first-order valence-electron chi connectivity index (χ1n) is 3.18. The summed E-state index contributed by atoms with van der Waals surface area (Å²) in [7, 11) is 0. The Morgan fingerprint density at radius 1 is 1.60 bits per heavy atom. The fourth-order valence-corrected chi connectivity index (χ4v) is 0.604. The maximum absolute atomic E-state index is 10.1. The molecule has 0 saturated heterocycles. The molecule has 4 nitrogen and oxygen atoms in total. The van der Waals surface area contributed by atoms with E-state index >= 15 is 0 Å². The van der Waals surface area contributed by atoms with Gasteiger partial charge in [-0.15, -0.1) is 0 Å². The van der Waals surface area contributed by atoms with Crippen molar-refractivity contribution in [1.29, 1.82) is 0 Å². The molecule has 60 valence electrons. The van der Waals surface area contributed by atoms with Crippen LogP contribution in [0.5, 0.6) is 0 Å². The van der Waals surface area contributed by atoms with E-state index in [1.165, 1.54) is 0 Å². The third-order valence-corrected chi connectivity index (χ3v) is 1.40. The molecular formula is C6H13NO3. The third kappa shape index (κ3) is 2.33. The van der Waals surface area contributed by atoms with Gasteiger partial charge in [-0.2, -0.15) is 0 Å². The monoisotopic (exact) mass is 147 g/mol. The van der Waals surface area contributed by atoms with Gasteiger partial charge in [0, 0.05) is 0 Å². The molecule has 0 aromatic carbocycles. The van der Waals surface area contributed by atoms with Crippen LogP contribution >= 0.6 is 0 Å². The van der Waals surface area contributed by atoms with Crippen molar-refractivity contribution in [3.63, 3.8) is 0 Å². The average molecular weight is 147 g/mol. The Hall–Kier alpha value is -0.610. The lowest BCUT2D eigenvalue weighted by molar-refractivity contribution is -0.453. The molecule has 4 N–H and O–H groups in total. The summed E-state index contributed by atoms with van der Waals surface area (Å²) in [5, 5.41) is 19.2. The zero-order valence-corrected chi connectivity index (χ0v) is 6.20. The molecule has 0 aliphatic carbocycles. The van der Waals surface area contributed by atoms with Gasteiger partial charge in [0.15, 0.2) is 6.04 Å². The molecule has 0 aromatic heterocycles. The number of carbonyl (C=O) groups is 1. The van der Waals surface area contributed by atoms with E-state index < -0.39 is 18.1 Å². The summed E-state index contributed by atoms with van der Waals surface area (Å²) in [5.41, 5.74) is 3.25. The second-order valence-electron chi connectivity index (χ2n) is 2.66. The minimum Gasteiger partial charge on any atom is -0.544 e. The standard InChI is InChI=1S/C6H13NO3/c1-3(2)5(8)4(7)6(9)10/h3-5,8H,7H2,1-2H3,(H,9,10)/t4-,5+/m0/s1. The van der Waals surface area contributed by atoms with Crippen molar-refractivity contribution >= 4 is 5.97 Å². The molecule has 0 fully saturated rings. The number of carboxylic acid groups (broad SMARTS) is 1. The molecule has 0 aliphatic rings. The average Bonchev–Trinajstić information content (AvgIpc) is 1.84. The number of hydrogen-bond donors (Lipinski definition) is 2. The smallest absolute Gasteiger partial charge is 0.151 e. The van der Waals surface area contributed by atoms with Gasteiger partial charge in [0.05, 0.1) is 0 Å². The second kappa shape index (κ2) is 3.53. The Labute approximate surface area is 59.7 Å². The first-order chi connectivity index (χ1) is 4.46. The quantitative estimate of drug-likeness (QED) is 0.457. The van der Waals surface area contributed by atoms with Gasteiger partial charge >= 0.3 is 0 Å². The van der Waals surface area contributed by atoms with Crippen molar-refractivity contribution in [2.24, 2.45) is 5.92 Å². The van der Waals surface area contributed by atoms with Gasteiger partial charge in [0.2, 0.25) is 0 Å². The molecular weight excluding hydrogens is 134 g/mol. The van der Waals surface area contributed by atoms with Crippen LogP contribution < -0.4 is 10.8 Å². The molecule has 2 atom stereocenters. The van der Waals surface area contributed by atoms with E-state index in [1.807, 2.05) is 0 Å². The Bertz CT molecular complexity index is 124. The molecule has 0 radical (unpaired) electrons. The number of rotatable bonds is 3. The molecule has 0 bridgehead atoms. The molecule has 0 aromatic rings. The van der Waals surface area contributed by atoms with Gasteiger partial charge in [-0.05, 0) is 5.92 Å². The third-order valence-electron chi connectivity index (χ3n) is 1.40. The van der Waals surface area contributed by atoms with Gasteiger partial charge < -0.3 is 20.7 Å². The maximum Gasteiger partial charge on any atom is 0.151 e. The number of quaternary nitrogens is 1. The molecule has 0 amide bonds. The largest absolute Gasteiger partial charge is 0.544 e. The number of aliphatic hydroxyl groups excluding tert-OH is 1. The van der Waals surface area contributed by atoms with Crippen molar-refractivity contribution < 1.29 is 20.7 Å². The summed E-state index contributed by atoms with van der Waals surface area (Å²) >= 11 is 0. The van der Waals surface area contributed by atoms with Crippen molar-refractivity contribution in [1.82, 2.24) is 0 Å². The van der Waals surface area contributed by atoms with E-state index in [0.717, 1.165) is 0 Å². The van der Waals surface area contributed by atoms with Gasteiger partial charge in [-0.25, -0.2) is 0 Å². The number of carboxylic acids is 1. The number of hydrogen-bond acceptors (Lipinski definition) is 3. The molecule has 0 unspecified atom stereocenters. The molecule has 0 heterocycles. The lowest BCUT2D eigenvalue weighted by Gasteiger charge is -2.19. The molecule has 10 heavy (non-hydrogen) atoms. The SMILES string of the molecule is CC(C)[C@@H](O)[C@H]([NH3+])C(=O)[O-]. The van der Waals surface area contributed by atoms with Crippen LogP contribution in [-0.4, -0.2) is 23.2 Å². The first-order valence-corrected chi connectivity index (χ1v) is 3.18. The predicted octanol–water partition coefficient (Wildman–Crippen LogP) is -2.64. The van der Waals surface area contributed by atoms with Crippen molar-refractivity contribution in [2.75, 3.05) is 0 Å². The lowest BCUT2D eigenvalue weighted by atomic mass is 10.0. The highest BCUT2D eigenvalue weighted by Crippen LogP contribution is 2.02. The Morgan fingerprint density at radius 2 is 2.00 bits per heavy atom. The summed E-state index contributed by atoms with van der Waals surface area (Å²) in [5.74, 6) is -1.40. The van der Waals surface area contributed by atoms with E-state index in [2.05, 4.69) is 5.73 Å². The second-order valence-corrected chi connectivity index (χ2v) is 2.66. The Kier molecular flexibility index (Phi) is 3.32. The fraction of sp³-hybridized carbons (Fsp3) is 0.833. The maximum atomic E-state index is 10.1. The zero-order chi connectivity index (χ0) is 8.31. The van der Waals surface area contributed by atoms with Gasteiger partial charge in [-0.3, -0.25) is 0 Å². The lowest BCUT2D eigenvalue weighted by Crippen LogP contribution is -2.73. The topological polar surface area (TPSA) is 88.0 Å². The summed E-state index contributed by atoms with van der Waals surface area (Å²) in [6.45, 7) is 3.46. The normalized spacial score (nSPS) is 16.9.